The molecule has 2 aromatic rings. The summed E-state index contributed by atoms with van der Waals surface area (Å²) in [4.78, 5) is 15.0. The molecular formula is C22H22ClN3O4. The van der Waals surface area contributed by atoms with Crippen LogP contribution in [0.2, 0.25) is 5.02 Å². The molecule has 1 aliphatic heterocycles. The van der Waals surface area contributed by atoms with E-state index in [0.717, 1.165) is 5.69 Å². The second-order valence-corrected chi connectivity index (χ2v) is 6.90. The van der Waals surface area contributed by atoms with Crippen LogP contribution in [0.1, 0.15) is 5.56 Å². The molecule has 2 aromatic carbocycles. The summed E-state index contributed by atoms with van der Waals surface area (Å²) in [5, 5.41) is 12.9. The maximum Gasteiger partial charge on any atom is 0.266 e. The number of methoxy groups -OCH3 is 2. The van der Waals surface area contributed by atoms with Crippen molar-refractivity contribution >= 4 is 35.0 Å². The zero-order valence-electron chi connectivity index (χ0n) is 16.8. The van der Waals surface area contributed by atoms with Crippen LogP contribution in [0.25, 0.3) is 6.08 Å². The molecule has 0 saturated carbocycles. The molecule has 0 aliphatic carbocycles. The molecular weight excluding hydrogens is 406 g/mol. The van der Waals surface area contributed by atoms with Gasteiger partial charge in [-0.3, -0.25) is 4.79 Å². The van der Waals surface area contributed by atoms with Crippen molar-refractivity contribution in [1.82, 2.24) is 0 Å². The molecule has 1 aliphatic rings. The van der Waals surface area contributed by atoms with E-state index in [9.17, 15) is 10.1 Å². The number of halogens is 1. The molecule has 1 amide bonds. The standard InChI is InChI=1S/C22H22ClN3O4/c1-28-20-5-3-4-15(21(20)29-2)12-16(14-24)22(27)25-18-13-17(23)6-7-19(18)26-8-10-30-11-9-26/h3-7,12-13H,8-11H2,1-2H3,(H,25,27)/b16-12+. The van der Waals surface area contributed by atoms with E-state index in [-0.39, 0.29) is 5.57 Å². The van der Waals surface area contributed by atoms with Crippen molar-refractivity contribution in [1.29, 1.82) is 5.26 Å². The Morgan fingerprint density at radius 2 is 2.00 bits per heavy atom. The van der Waals surface area contributed by atoms with Gasteiger partial charge in [-0.2, -0.15) is 5.26 Å². The monoisotopic (exact) mass is 427 g/mol. The van der Waals surface area contributed by atoms with E-state index in [1.165, 1.54) is 20.3 Å². The highest BCUT2D eigenvalue weighted by molar-refractivity contribution is 6.31. The summed E-state index contributed by atoms with van der Waals surface area (Å²) in [5.74, 6) is 0.407. The highest BCUT2D eigenvalue weighted by atomic mass is 35.5. The number of nitrogens with one attached hydrogen (secondary N) is 1. The topological polar surface area (TPSA) is 83.8 Å². The fourth-order valence-electron chi connectivity index (χ4n) is 3.21. The van der Waals surface area contributed by atoms with Crippen LogP contribution in [-0.4, -0.2) is 46.4 Å². The van der Waals surface area contributed by atoms with Gasteiger partial charge in [-0.05, 0) is 30.3 Å². The largest absolute Gasteiger partial charge is 0.493 e. The number of ether oxygens (including phenoxy) is 3. The van der Waals surface area contributed by atoms with Crippen LogP contribution in [0.15, 0.2) is 42.0 Å². The van der Waals surface area contributed by atoms with Crippen LogP contribution >= 0.6 is 11.6 Å². The van der Waals surface area contributed by atoms with Crippen molar-refractivity contribution in [2.45, 2.75) is 0 Å². The number of nitrogens with zero attached hydrogens (tertiary/aromatic N) is 2. The van der Waals surface area contributed by atoms with Crippen molar-refractivity contribution in [3.8, 4) is 17.6 Å². The van der Waals surface area contributed by atoms with Gasteiger partial charge in [-0.1, -0.05) is 23.7 Å². The van der Waals surface area contributed by atoms with Gasteiger partial charge >= 0.3 is 0 Å². The first-order valence-corrected chi connectivity index (χ1v) is 9.71. The molecule has 1 fully saturated rings. The number of hydrogen-bond acceptors (Lipinski definition) is 6. The van der Waals surface area contributed by atoms with Gasteiger partial charge in [0.25, 0.3) is 5.91 Å². The smallest absolute Gasteiger partial charge is 0.266 e. The number of rotatable bonds is 6. The average Bonchev–Trinajstić information content (AvgIpc) is 2.77. The van der Waals surface area contributed by atoms with Crippen molar-refractivity contribution in [2.24, 2.45) is 0 Å². The van der Waals surface area contributed by atoms with E-state index in [2.05, 4.69) is 10.2 Å². The summed E-state index contributed by atoms with van der Waals surface area (Å²) in [6, 6.07) is 12.5. The molecule has 8 heteroatoms. The molecule has 1 saturated heterocycles. The maximum absolute atomic E-state index is 12.9. The number of morpholine rings is 1. The molecule has 0 unspecified atom stereocenters. The molecule has 1 heterocycles. The Morgan fingerprint density at radius 3 is 2.67 bits per heavy atom. The summed E-state index contributed by atoms with van der Waals surface area (Å²) in [7, 11) is 3.03. The van der Waals surface area contributed by atoms with Gasteiger partial charge in [0, 0.05) is 23.7 Å². The van der Waals surface area contributed by atoms with E-state index in [1.54, 1.807) is 30.3 Å². The highest BCUT2D eigenvalue weighted by Crippen LogP contribution is 2.33. The number of carbonyl (C=O) groups is 1. The fourth-order valence-corrected chi connectivity index (χ4v) is 3.38. The summed E-state index contributed by atoms with van der Waals surface area (Å²) in [6.07, 6.45) is 1.47. The van der Waals surface area contributed by atoms with Gasteiger partial charge in [0.2, 0.25) is 0 Å². The van der Waals surface area contributed by atoms with E-state index in [0.29, 0.717) is 54.1 Å². The van der Waals surface area contributed by atoms with Crippen LogP contribution in [0, 0.1) is 11.3 Å². The molecule has 0 bridgehead atoms. The van der Waals surface area contributed by atoms with E-state index in [4.69, 9.17) is 25.8 Å². The summed E-state index contributed by atoms with van der Waals surface area (Å²) >= 11 is 6.15. The number of amides is 1. The molecule has 0 aromatic heterocycles. The maximum atomic E-state index is 12.9. The Kier molecular flexibility index (Phi) is 7.17. The first-order chi connectivity index (χ1) is 14.6. The number of nitriles is 1. The molecule has 1 N–H and O–H groups in total. The first kappa shape index (κ1) is 21.5. The van der Waals surface area contributed by atoms with Gasteiger partial charge in [0.15, 0.2) is 11.5 Å². The second kappa shape index (κ2) is 10.0. The average molecular weight is 428 g/mol. The lowest BCUT2D eigenvalue weighted by molar-refractivity contribution is -0.112. The van der Waals surface area contributed by atoms with Gasteiger partial charge in [0.05, 0.1) is 38.8 Å². The molecule has 3 rings (SSSR count). The minimum atomic E-state index is -0.542. The lowest BCUT2D eigenvalue weighted by atomic mass is 10.1. The lowest BCUT2D eigenvalue weighted by Crippen LogP contribution is -2.36. The zero-order chi connectivity index (χ0) is 21.5. The number of anilines is 2. The van der Waals surface area contributed by atoms with Crippen molar-refractivity contribution in [3.05, 3.63) is 52.6 Å². The van der Waals surface area contributed by atoms with Crippen LogP contribution in [0.5, 0.6) is 11.5 Å². The normalized spacial score (nSPS) is 14.1. The summed E-state index contributed by atoms with van der Waals surface area (Å²) in [5.41, 5.74) is 1.85. The Labute approximate surface area is 180 Å². The van der Waals surface area contributed by atoms with Gasteiger partial charge in [-0.15, -0.1) is 0 Å². The third-order valence-electron chi connectivity index (χ3n) is 4.66. The Morgan fingerprint density at radius 1 is 1.23 bits per heavy atom. The van der Waals surface area contributed by atoms with E-state index >= 15 is 0 Å². The molecule has 30 heavy (non-hydrogen) atoms. The molecule has 0 radical (unpaired) electrons. The van der Waals surface area contributed by atoms with Crippen LogP contribution < -0.4 is 19.7 Å². The SMILES string of the molecule is COc1cccc(/C=C(\C#N)C(=O)Nc2cc(Cl)ccc2N2CCOCC2)c1OC. The molecule has 7 nitrogen and oxygen atoms in total. The predicted octanol–water partition coefficient (Wildman–Crippen LogP) is 3.74. The second-order valence-electron chi connectivity index (χ2n) is 6.47. The molecule has 0 atom stereocenters. The number of para-hydroxylation sites is 1. The predicted molar refractivity (Wildman–Crippen MR) is 116 cm³/mol. The minimum absolute atomic E-state index is 0.0746. The van der Waals surface area contributed by atoms with Gasteiger partial charge in [0.1, 0.15) is 11.6 Å². The number of hydrogen-bond donors (Lipinski definition) is 1. The Balaban J connectivity index is 1.91. The number of benzene rings is 2. The Hall–Kier alpha value is -3.21. The highest BCUT2D eigenvalue weighted by Gasteiger charge is 2.19. The van der Waals surface area contributed by atoms with Crippen LogP contribution in [0.4, 0.5) is 11.4 Å². The quantitative estimate of drug-likeness (QED) is 0.558. The third-order valence-corrected chi connectivity index (χ3v) is 4.89. The first-order valence-electron chi connectivity index (χ1n) is 9.33. The summed E-state index contributed by atoms with van der Waals surface area (Å²) in [6.45, 7) is 2.61. The lowest BCUT2D eigenvalue weighted by Gasteiger charge is -2.30. The fraction of sp³-hybridized carbons (Fsp3) is 0.273. The molecule has 156 valence electrons. The Bertz CT molecular complexity index is 994. The van der Waals surface area contributed by atoms with Crippen molar-refractivity contribution in [3.63, 3.8) is 0 Å². The molecule has 0 spiro atoms. The third kappa shape index (κ3) is 4.85. The van der Waals surface area contributed by atoms with E-state index in [1.807, 2.05) is 12.1 Å². The van der Waals surface area contributed by atoms with Crippen molar-refractivity contribution < 1.29 is 19.0 Å². The number of carbonyl (C=O) groups excluding carboxylic acids is 1. The summed E-state index contributed by atoms with van der Waals surface area (Å²) < 4.78 is 16.1. The van der Waals surface area contributed by atoms with Crippen molar-refractivity contribution in [2.75, 3.05) is 50.7 Å². The van der Waals surface area contributed by atoms with E-state index < -0.39 is 5.91 Å². The van der Waals surface area contributed by atoms with Gasteiger partial charge < -0.3 is 24.4 Å². The van der Waals surface area contributed by atoms with Crippen LogP contribution in [-0.2, 0) is 9.53 Å². The van der Waals surface area contributed by atoms with Crippen LogP contribution in [0.3, 0.4) is 0 Å². The minimum Gasteiger partial charge on any atom is -0.493 e. The zero-order valence-corrected chi connectivity index (χ0v) is 17.5. The van der Waals surface area contributed by atoms with Gasteiger partial charge in [-0.25, -0.2) is 0 Å².